The number of benzene rings is 1. The highest BCUT2D eigenvalue weighted by Gasteiger charge is 2.33. The lowest BCUT2D eigenvalue weighted by Crippen LogP contribution is -2.32. The van der Waals surface area contributed by atoms with Crippen LogP contribution in [-0.4, -0.2) is 35.0 Å². The Morgan fingerprint density at radius 2 is 1.96 bits per heavy atom. The number of amides is 1. The summed E-state index contributed by atoms with van der Waals surface area (Å²) in [4.78, 5) is 19.1. The van der Waals surface area contributed by atoms with Crippen LogP contribution in [0, 0.1) is 0 Å². The first kappa shape index (κ1) is 16.2. The number of carbonyl (C=O) groups is 1. The van der Waals surface area contributed by atoms with Gasteiger partial charge in [0.05, 0.1) is 18.2 Å². The van der Waals surface area contributed by atoms with E-state index in [4.69, 9.17) is 21.1 Å². The average molecular weight is 359 g/mol. The van der Waals surface area contributed by atoms with Crippen LogP contribution in [0.4, 0.5) is 0 Å². The zero-order valence-electron chi connectivity index (χ0n) is 13.8. The third-order valence-electron chi connectivity index (χ3n) is 4.40. The fourth-order valence-corrected chi connectivity index (χ4v) is 3.22. The van der Waals surface area contributed by atoms with Crippen LogP contribution in [0.25, 0.3) is 0 Å². The summed E-state index contributed by atoms with van der Waals surface area (Å²) in [6, 6.07) is 7.58. The standard InChI is InChI=1S/C19H19ClN2O3/c20-16-10-14(11-17-18(16)25-9-1-8-24-17)19(23)22(15-2-3-15)12-13-4-6-21-7-5-13/h4-7,10-11,15H,1-3,8-9,12H2. The molecule has 5 nitrogen and oxygen atoms in total. The molecule has 0 spiro atoms. The summed E-state index contributed by atoms with van der Waals surface area (Å²) >= 11 is 6.34. The normalized spacial score (nSPS) is 16.2. The molecule has 0 unspecified atom stereocenters. The van der Waals surface area contributed by atoms with Crippen molar-refractivity contribution in [3.8, 4) is 11.5 Å². The molecule has 1 aliphatic heterocycles. The molecular formula is C19H19ClN2O3. The molecule has 2 aromatic rings. The van der Waals surface area contributed by atoms with Gasteiger partial charge >= 0.3 is 0 Å². The van der Waals surface area contributed by atoms with E-state index in [-0.39, 0.29) is 11.9 Å². The van der Waals surface area contributed by atoms with Gasteiger partial charge in [-0.3, -0.25) is 9.78 Å². The van der Waals surface area contributed by atoms with E-state index in [0.29, 0.717) is 41.8 Å². The van der Waals surface area contributed by atoms with Crippen LogP contribution in [0.5, 0.6) is 11.5 Å². The van der Waals surface area contributed by atoms with Crippen molar-refractivity contribution in [3.63, 3.8) is 0 Å². The molecule has 1 amide bonds. The maximum Gasteiger partial charge on any atom is 0.254 e. The van der Waals surface area contributed by atoms with E-state index in [2.05, 4.69) is 4.98 Å². The fraction of sp³-hybridized carbons (Fsp3) is 0.368. The lowest BCUT2D eigenvalue weighted by Gasteiger charge is -2.23. The van der Waals surface area contributed by atoms with Crippen LogP contribution >= 0.6 is 11.6 Å². The third kappa shape index (κ3) is 3.56. The van der Waals surface area contributed by atoms with Crippen molar-refractivity contribution in [2.24, 2.45) is 0 Å². The molecule has 0 bridgehead atoms. The number of hydrogen-bond donors (Lipinski definition) is 0. The summed E-state index contributed by atoms with van der Waals surface area (Å²) in [5, 5.41) is 0.419. The van der Waals surface area contributed by atoms with E-state index in [9.17, 15) is 4.79 Å². The van der Waals surface area contributed by atoms with Gasteiger partial charge in [-0.1, -0.05) is 11.6 Å². The molecule has 1 saturated carbocycles. The molecule has 6 heteroatoms. The summed E-state index contributed by atoms with van der Waals surface area (Å²) < 4.78 is 11.3. The summed E-state index contributed by atoms with van der Waals surface area (Å²) in [6.07, 6.45) is 6.36. The van der Waals surface area contributed by atoms with Crippen molar-refractivity contribution in [1.29, 1.82) is 0 Å². The molecular weight excluding hydrogens is 340 g/mol. The predicted molar refractivity (Wildman–Crippen MR) is 94.2 cm³/mol. The summed E-state index contributed by atoms with van der Waals surface area (Å²) in [5.41, 5.74) is 1.60. The Hall–Kier alpha value is -2.27. The van der Waals surface area contributed by atoms with Crippen LogP contribution in [0.2, 0.25) is 5.02 Å². The van der Waals surface area contributed by atoms with Gasteiger partial charge in [0.25, 0.3) is 5.91 Å². The Morgan fingerprint density at radius 1 is 1.20 bits per heavy atom. The van der Waals surface area contributed by atoms with Gasteiger partial charge in [0.2, 0.25) is 0 Å². The number of nitrogens with zero attached hydrogens (tertiary/aromatic N) is 2. The minimum absolute atomic E-state index is 0.0307. The second kappa shape index (κ2) is 6.92. The number of rotatable bonds is 4. The molecule has 0 atom stereocenters. The molecule has 0 radical (unpaired) electrons. The minimum Gasteiger partial charge on any atom is -0.489 e. The van der Waals surface area contributed by atoms with Gasteiger partial charge in [0.1, 0.15) is 0 Å². The Kier molecular flexibility index (Phi) is 4.49. The number of halogens is 1. The second-order valence-electron chi connectivity index (χ2n) is 6.36. The molecule has 1 aromatic heterocycles. The van der Waals surface area contributed by atoms with E-state index < -0.39 is 0 Å². The topological polar surface area (TPSA) is 51.7 Å². The molecule has 2 heterocycles. The lowest BCUT2D eigenvalue weighted by atomic mass is 10.1. The van der Waals surface area contributed by atoms with Gasteiger partial charge in [-0.15, -0.1) is 0 Å². The Labute approximate surface area is 151 Å². The second-order valence-corrected chi connectivity index (χ2v) is 6.76. The van der Waals surface area contributed by atoms with E-state index in [1.165, 1.54) is 0 Å². The highest BCUT2D eigenvalue weighted by Crippen LogP contribution is 2.39. The number of hydrogen-bond acceptors (Lipinski definition) is 4. The van der Waals surface area contributed by atoms with Gasteiger partial charge in [-0.2, -0.15) is 0 Å². The molecule has 25 heavy (non-hydrogen) atoms. The maximum atomic E-state index is 13.1. The number of aromatic nitrogens is 1. The molecule has 130 valence electrons. The van der Waals surface area contributed by atoms with Crippen LogP contribution in [0.15, 0.2) is 36.7 Å². The van der Waals surface area contributed by atoms with E-state index >= 15 is 0 Å². The summed E-state index contributed by atoms with van der Waals surface area (Å²) in [7, 11) is 0. The first-order chi connectivity index (χ1) is 12.2. The Balaban J connectivity index is 1.62. The lowest BCUT2D eigenvalue weighted by molar-refractivity contribution is 0.0729. The van der Waals surface area contributed by atoms with Crippen LogP contribution in [0.1, 0.15) is 35.2 Å². The first-order valence-corrected chi connectivity index (χ1v) is 8.89. The van der Waals surface area contributed by atoms with E-state index in [1.54, 1.807) is 24.5 Å². The third-order valence-corrected chi connectivity index (χ3v) is 4.68. The van der Waals surface area contributed by atoms with Gasteiger partial charge < -0.3 is 14.4 Å². The molecule has 2 aliphatic rings. The molecule has 0 N–H and O–H groups in total. The molecule has 1 fully saturated rings. The van der Waals surface area contributed by atoms with Gasteiger partial charge in [-0.05, 0) is 42.7 Å². The molecule has 1 aliphatic carbocycles. The minimum atomic E-state index is -0.0307. The molecule has 0 saturated heterocycles. The highest BCUT2D eigenvalue weighted by atomic mass is 35.5. The number of carbonyl (C=O) groups excluding carboxylic acids is 1. The van der Waals surface area contributed by atoms with Gasteiger partial charge in [0.15, 0.2) is 11.5 Å². The van der Waals surface area contributed by atoms with Crippen molar-refractivity contribution >= 4 is 17.5 Å². The Bertz CT molecular complexity index is 778. The zero-order chi connectivity index (χ0) is 17.2. The van der Waals surface area contributed by atoms with Crippen molar-refractivity contribution in [2.75, 3.05) is 13.2 Å². The summed E-state index contributed by atoms with van der Waals surface area (Å²) in [6.45, 7) is 1.69. The zero-order valence-corrected chi connectivity index (χ0v) is 14.5. The smallest absolute Gasteiger partial charge is 0.254 e. The fourth-order valence-electron chi connectivity index (χ4n) is 2.96. The van der Waals surface area contributed by atoms with Crippen LogP contribution in [-0.2, 0) is 6.54 Å². The van der Waals surface area contributed by atoms with Crippen molar-refractivity contribution < 1.29 is 14.3 Å². The van der Waals surface area contributed by atoms with Crippen molar-refractivity contribution in [2.45, 2.75) is 31.8 Å². The quantitative estimate of drug-likeness (QED) is 0.836. The highest BCUT2D eigenvalue weighted by molar-refractivity contribution is 6.32. The number of pyridine rings is 1. The molecule has 1 aromatic carbocycles. The largest absolute Gasteiger partial charge is 0.489 e. The first-order valence-electron chi connectivity index (χ1n) is 8.51. The maximum absolute atomic E-state index is 13.1. The number of ether oxygens (including phenoxy) is 2. The van der Waals surface area contributed by atoms with Gasteiger partial charge in [-0.25, -0.2) is 0 Å². The van der Waals surface area contributed by atoms with E-state index in [1.807, 2.05) is 17.0 Å². The van der Waals surface area contributed by atoms with E-state index in [0.717, 1.165) is 24.8 Å². The molecule has 4 rings (SSSR count). The van der Waals surface area contributed by atoms with Crippen LogP contribution in [0.3, 0.4) is 0 Å². The summed E-state index contributed by atoms with van der Waals surface area (Å²) in [5.74, 6) is 1.05. The average Bonchev–Trinajstić information content (AvgIpc) is 3.47. The van der Waals surface area contributed by atoms with Gasteiger partial charge in [0, 0.05) is 37.0 Å². The predicted octanol–water partition coefficient (Wildman–Crippen LogP) is 3.70. The Morgan fingerprint density at radius 3 is 2.72 bits per heavy atom. The SMILES string of the molecule is O=C(c1cc(Cl)c2c(c1)OCCCO2)N(Cc1ccncc1)C1CC1. The monoisotopic (exact) mass is 358 g/mol. The van der Waals surface area contributed by atoms with Crippen LogP contribution < -0.4 is 9.47 Å². The van der Waals surface area contributed by atoms with Crippen molar-refractivity contribution in [1.82, 2.24) is 9.88 Å². The number of fused-ring (bicyclic) bond motifs is 1. The van der Waals surface area contributed by atoms with Crippen molar-refractivity contribution in [3.05, 3.63) is 52.8 Å².